The predicted octanol–water partition coefficient (Wildman–Crippen LogP) is 2.89. The number of benzene rings is 2. The van der Waals surface area contributed by atoms with Crippen molar-refractivity contribution >= 4 is 16.8 Å². The molecule has 140 valence electrons. The van der Waals surface area contributed by atoms with E-state index in [0.29, 0.717) is 28.0 Å². The van der Waals surface area contributed by atoms with E-state index < -0.39 is 6.04 Å². The zero-order chi connectivity index (χ0) is 19.6. The Morgan fingerprint density at radius 2 is 1.85 bits per heavy atom. The fraction of sp³-hybridized carbons (Fsp3) is 0.200. The molecule has 2 aromatic carbocycles. The van der Waals surface area contributed by atoms with E-state index in [4.69, 9.17) is 9.47 Å². The van der Waals surface area contributed by atoms with Crippen LogP contribution in [0.4, 0.5) is 0 Å². The number of hydrogen-bond acceptors (Lipinski definition) is 6. The number of phenols is 2. The van der Waals surface area contributed by atoms with Gasteiger partial charge in [-0.05, 0) is 35.9 Å². The van der Waals surface area contributed by atoms with Gasteiger partial charge in [-0.25, -0.2) is 0 Å². The molecule has 3 N–H and O–H groups in total. The number of carbonyl (C=O) groups excluding carboxylic acids is 1. The molecule has 27 heavy (non-hydrogen) atoms. The van der Waals surface area contributed by atoms with Crippen molar-refractivity contribution in [2.45, 2.75) is 13.0 Å². The summed E-state index contributed by atoms with van der Waals surface area (Å²) in [6.45, 7) is 1.38. The SMILES string of the molecule is COc1ccc(C(NC(C)=O)c2cc(O)c3cccnc3c2O)cc1OC. The smallest absolute Gasteiger partial charge is 0.217 e. The van der Waals surface area contributed by atoms with Gasteiger partial charge < -0.3 is 25.0 Å². The summed E-state index contributed by atoms with van der Waals surface area (Å²) in [7, 11) is 3.04. The highest BCUT2D eigenvalue weighted by Gasteiger charge is 2.23. The molecule has 1 unspecified atom stereocenters. The monoisotopic (exact) mass is 368 g/mol. The molecule has 1 heterocycles. The van der Waals surface area contributed by atoms with Gasteiger partial charge in [-0.3, -0.25) is 9.78 Å². The normalized spacial score (nSPS) is 11.8. The van der Waals surface area contributed by atoms with Gasteiger partial charge >= 0.3 is 0 Å². The van der Waals surface area contributed by atoms with Crippen LogP contribution < -0.4 is 14.8 Å². The van der Waals surface area contributed by atoms with E-state index in [2.05, 4.69) is 10.3 Å². The maximum absolute atomic E-state index is 11.8. The number of aromatic nitrogens is 1. The van der Waals surface area contributed by atoms with Crippen molar-refractivity contribution in [3.63, 3.8) is 0 Å². The highest BCUT2D eigenvalue weighted by molar-refractivity contribution is 5.91. The Morgan fingerprint density at radius 3 is 2.52 bits per heavy atom. The molecular formula is C20H20N2O5. The number of amides is 1. The summed E-state index contributed by atoms with van der Waals surface area (Å²) >= 11 is 0. The molecule has 7 nitrogen and oxygen atoms in total. The maximum Gasteiger partial charge on any atom is 0.217 e. The molecule has 0 spiro atoms. The molecule has 0 aliphatic carbocycles. The Balaban J connectivity index is 2.21. The summed E-state index contributed by atoms with van der Waals surface area (Å²) in [5, 5.41) is 24.4. The number of phenolic OH excluding ortho intramolecular Hbond substituents is 2. The van der Waals surface area contributed by atoms with Crippen LogP contribution >= 0.6 is 0 Å². The van der Waals surface area contributed by atoms with Crippen LogP contribution in [0.15, 0.2) is 42.6 Å². The van der Waals surface area contributed by atoms with Crippen molar-refractivity contribution in [2.24, 2.45) is 0 Å². The number of nitrogens with one attached hydrogen (secondary N) is 1. The fourth-order valence-corrected chi connectivity index (χ4v) is 3.03. The van der Waals surface area contributed by atoms with E-state index >= 15 is 0 Å². The maximum atomic E-state index is 11.8. The van der Waals surface area contributed by atoms with Crippen molar-refractivity contribution in [1.29, 1.82) is 0 Å². The number of aromatic hydroxyl groups is 2. The zero-order valence-corrected chi connectivity index (χ0v) is 15.2. The third-order valence-electron chi connectivity index (χ3n) is 4.27. The van der Waals surface area contributed by atoms with Gasteiger partial charge in [0.1, 0.15) is 17.0 Å². The molecule has 1 amide bonds. The zero-order valence-electron chi connectivity index (χ0n) is 15.2. The van der Waals surface area contributed by atoms with Crippen molar-refractivity contribution in [3.05, 3.63) is 53.7 Å². The molecule has 0 saturated carbocycles. The van der Waals surface area contributed by atoms with Crippen LogP contribution in [-0.4, -0.2) is 35.3 Å². The standard InChI is InChI=1S/C20H20N2O5/c1-11(23)22-18(12-6-7-16(26-2)17(9-12)27-3)14-10-15(24)13-5-4-8-21-19(13)20(14)25/h4-10,18,24-25H,1-3H3,(H,22,23). The molecule has 1 atom stereocenters. The van der Waals surface area contributed by atoms with Crippen LogP contribution in [0.3, 0.4) is 0 Å². The van der Waals surface area contributed by atoms with Crippen molar-refractivity contribution in [3.8, 4) is 23.0 Å². The second-order valence-electron chi connectivity index (χ2n) is 5.98. The number of carbonyl (C=O) groups is 1. The average molecular weight is 368 g/mol. The quantitative estimate of drug-likeness (QED) is 0.599. The number of fused-ring (bicyclic) bond motifs is 1. The summed E-state index contributed by atoms with van der Waals surface area (Å²) in [5.74, 6) is 0.566. The summed E-state index contributed by atoms with van der Waals surface area (Å²) in [4.78, 5) is 16.0. The average Bonchev–Trinajstić information content (AvgIpc) is 2.68. The van der Waals surface area contributed by atoms with Crippen LogP contribution in [0.25, 0.3) is 10.9 Å². The lowest BCUT2D eigenvalue weighted by Gasteiger charge is -2.22. The van der Waals surface area contributed by atoms with Gasteiger partial charge in [0.05, 0.1) is 20.3 Å². The highest BCUT2D eigenvalue weighted by Crippen LogP contribution is 2.40. The Bertz CT molecular complexity index is 1000. The van der Waals surface area contributed by atoms with E-state index in [9.17, 15) is 15.0 Å². The van der Waals surface area contributed by atoms with E-state index in [1.54, 1.807) is 30.3 Å². The second kappa shape index (κ2) is 7.41. The lowest BCUT2D eigenvalue weighted by molar-refractivity contribution is -0.119. The minimum atomic E-state index is -0.723. The Morgan fingerprint density at radius 1 is 1.11 bits per heavy atom. The third-order valence-corrected chi connectivity index (χ3v) is 4.27. The Labute approximate surface area is 156 Å². The fourth-order valence-electron chi connectivity index (χ4n) is 3.03. The Hall–Kier alpha value is -3.48. The largest absolute Gasteiger partial charge is 0.507 e. The lowest BCUT2D eigenvalue weighted by Crippen LogP contribution is -2.27. The minimum Gasteiger partial charge on any atom is -0.507 e. The first-order chi connectivity index (χ1) is 13.0. The predicted molar refractivity (Wildman–Crippen MR) is 100 cm³/mol. The first-order valence-corrected chi connectivity index (χ1v) is 8.24. The summed E-state index contributed by atoms with van der Waals surface area (Å²) in [6.07, 6.45) is 1.52. The van der Waals surface area contributed by atoms with Gasteiger partial charge in [-0.15, -0.1) is 0 Å². The van der Waals surface area contributed by atoms with Gasteiger partial charge in [0, 0.05) is 24.1 Å². The lowest BCUT2D eigenvalue weighted by atomic mass is 9.95. The molecule has 1 aromatic heterocycles. The first kappa shape index (κ1) is 18.3. The Kier molecular flexibility index (Phi) is 5.03. The van der Waals surface area contributed by atoms with Gasteiger partial charge in [0.2, 0.25) is 5.91 Å². The molecule has 0 bridgehead atoms. The van der Waals surface area contributed by atoms with E-state index in [0.717, 1.165) is 0 Å². The molecule has 0 aliphatic rings. The minimum absolute atomic E-state index is 0.0401. The van der Waals surface area contributed by atoms with Crippen LogP contribution in [0.1, 0.15) is 24.1 Å². The number of hydrogen-bond donors (Lipinski definition) is 3. The summed E-state index contributed by atoms with van der Waals surface area (Å²) in [5.41, 5.74) is 1.22. The van der Waals surface area contributed by atoms with Crippen molar-refractivity contribution < 1.29 is 24.5 Å². The number of methoxy groups -OCH3 is 2. The molecule has 0 aliphatic heterocycles. The van der Waals surface area contributed by atoms with Gasteiger partial charge in [0.25, 0.3) is 0 Å². The summed E-state index contributed by atoms with van der Waals surface area (Å²) < 4.78 is 10.6. The molecule has 0 fully saturated rings. The van der Waals surface area contributed by atoms with E-state index in [1.807, 2.05) is 0 Å². The highest BCUT2D eigenvalue weighted by atomic mass is 16.5. The van der Waals surface area contributed by atoms with Crippen LogP contribution in [0, 0.1) is 0 Å². The van der Waals surface area contributed by atoms with Crippen molar-refractivity contribution in [2.75, 3.05) is 14.2 Å². The molecule has 7 heteroatoms. The molecule has 0 saturated heterocycles. The van der Waals surface area contributed by atoms with Crippen molar-refractivity contribution in [1.82, 2.24) is 10.3 Å². The molecule has 0 radical (unpaired) electrons. The van der Waals surface area contributed by atoms with Gasteiger partial charge in [-0.2, -0.15) is 0 Å². The molecule has 3 rings (SSSR count). The number of pyridine rings is 1. The van der Waals surface area contributed by atoms with E-state index in [-0.39, 0.29) is 22.9 Å². The first-order valence-electron chi connectivity index (χ1n) is 8.24. The molecular weight excluding hydrogens is 348 g/mol. The number of rotatable bonds is 5. The molecule has 3 aromatic rings. The van der Waals surface area contributed by atoms with Gasteiger partial charge in [-0.1, -0.05) is 6.07 Å². The van der Waals surface area contributed by atoms with Crippen LogP contribution in [0.5, 0.6) is 23.0 Å². The van der Waals surface area contributed by atoms with E-state index in [1.165, 1.54) is 33.4 Å². The summed E-state index contributed by atoms with van der Waals surface area (Å²) in [6, 6.07) is 9.20. The number of nitrogens with zero attached hydrogens (tertiary/aromatic N) is 1. The van der Waals surface area contributed by atoms with Crippen LogP contribution in [-0.2, 0) is 4.79 Å². The van der Waals surface area contributed by atoms with Gasteiger partial charge in [0.15, 0.2) is 11.5 Å². The number of ether oxygens (including phenoxy) is 2. The second-order valence-corrected chi connectivity index (χ2v) is 5.98. The topological polar surface area (TPSA) is 101 Å². The van der Waals surface area contributed by atoms with Crippen LogP contribution in [0.2, 0.25) is 0 Å². The third kappa shape index (κ3) is 3.44.